The van der Waals surface area contributed by atoms with Crippen molar-refractivity contribution in [2.75, 3.05) is 12.5 Å². The molecule has 0 saturated carbocycles. The topological polar surface area (TPSA) is 9.86 Å². The molecule has 0 N–H and O–H groups in total. The molecule has 0 saturated heterocycles. The minimum Gasteiger partial charge on any atom is -0.345 e. The number of hydrogen-bond donors (Lipinski definition) is 0. The minimum atomic E-state index is 0.529. The van der Waals surface area contributed by atoms with Crippen LogP contribution in [0.1, 0.15) is 76.6 Å². The third-order valence-corrected chi connectivity index (χ3v) is 8.71. The lowest BCUT2D eigenvalue weighted by Crippen LogP contribution is -2.03. The average Bonchev–Trinajstić information content (AvgIpc) is 3.47. The van der Waals surface area contributed by atoms with Gasteiger partial charge in [-0.1, -0.05) is 51.0 Å². The minimum absolute atomic E-state index is 0.529. The number of fused-ring (bicyclic) bond motifs is 2. The van der Waals surface area contributed by atoms with Crippen LogP contribution in [0.2, 0.25) is 0 Å². The summed E-state index contributed by atoms with van der Waals surface area (Å²) in [5.41, 5.74) is 5.27. The van der Waals surface area contributed by atoms with E-state index in [-0.39, 0.29) is 0 Å². The standard InChI is InChI=1S/C30H38N2S2/c1-7-9-21(3)31-19-17-25-27(31)15-13-23(29(25)33-5)11-12-24-14-16-28-26(30(24)34-6)18-20-32(28)22(4)10-8-2/h11-22H,7-10H2,1-6H3/b12-11+. The Morgan fingerprint density at radius 1 is 0.676 bits per heavy atom. The van der Waals surface area contributed by atoms with Crippen molar-refractivity contribution in [1.29, 1.82) is 0 Å². The van der Waals surface area contributed by atoms with Crippen LogP contribution in [0.5, 0.6) is 0 Å². The second-order valence-corrected chi connectivity index (χ2v) is 10.9. The molecule has 2 aromatic carbocycles. The number of nitrogens with zero attached hydrogens (tertiary/aromatic N) is 2. The van der Waals surface area contributed by atoms with E-state index in [1.165, 1.54) is 68.4 Å². The van der Waals surface area contributed by atoms with Crippen LogP contribution < -0.4 is 0 Å². The first-order chi connectivity index (χ1) is 16.5. The fourth-order valence-corrected chi connectivity index (χ4v) is 6.76. The van der Waals surface area contributed by atoms with E-state index < -0.39 is 0 Å². The monoisotopic (exact) mass is 490 g/mol. The first kappa shape index (κ1) is 25.1. The van der Waals surface area contributed by atoms with Gasteiger partial charge in [0.1, 0.15) is 0 Å². The van der Waals surface area contributed by atoms with Gasteiger partial charge in [0.2, 0.25) is 0 Å². The van der Waals surface area contributed by atoms with Crippen LogP contribution in [0.4, 0.5) is 0 Å². The van der Waals surface area contributed by atoms with Gasteiger partial charge < -0.3 is 9.13 Å². The van der Waals surface area contributed by atoms with Crippen molar-refractivity contribution in [3.63, 3.8) is 0 Å². The molecule has 0 aliphatic rings. The molecule has 0 fully saturated rings. The normalized spacial score (nSPS) is 13.9. The van der Waals surface area contributed by atoms with E-state index in [0.29, 0.717) is 12.1 Å². The number of aromatic nitrogens is 2. The Kier molecular flexibility index (Phi) is 8.21. The smallest absolute Gasteiger partial charge is 0.0494 e. The highest BCUT2D eigenvalue weighted by atomic mass is 32.2. The van der Waals surface area contributed by atoms with Crippen molar-refractivity contribution < 1.29 is 0 Å². The predicted molar refractivity (Wildman–Crippen MR) is 156 cm³/mol. The van der Waals surface area contributed by atoms with Gasteiger partial charge in [0, 0.05) is 56.1 Å². The van der Waals surface area contributed by atoms with E-state index in [1.807, 2.05) is 23.5 Å². The molecule has 180 valence electrons. The van der Waals surface area contributed by atoms with Gasteiger partial charge in [0.15, 0.2) is 0 Å². The van der Waals surface area contributed by atoms with E-state index in [4.69, 9.17) is 0 Å². The molecule has 4 aromatic rings. The van der Waals surface area contributed by atoms with Crippen LogP contribution in [0, 0.1) is 0 Å². The maximum atomic E-state index is 2.44. The molecule has 0 spiro atoms. The Bertz CT molecular complexity index is 1190. The van der Waals surface area contributed by atoms with E-state index in [1.54, 1.807) is 0 Å². The molecular formula is C30H38N2S2. The zero-order valence-corrected chi connectivity index (χ0v) is 23.1. The second-order valence-electron chi connectivity index (χ2n) is 9.30. The van der Waals surface area contributed by atoms with Crippen LogP contribution in [0.15, 0.2) is 58.6 Å². The first-order valence-electron chi connectivity index (χ1n) is 12.6. The highest BCUT2D eigenvalue weighted by Crippen LogP contribution is 2.36. The molecule has 2 aromatic heterocycles. The quantitative estimate of drug-likeness (QED) is 0.162. The second kappa shape index (κ2) is 11.1. The van der Waals surface area contributed by atoms with E-state index in [9.17, 15) is 0 Å². The van der Waals surface area contributed by atoms with Gasteiger partial charge in [-0.05, 0) is 74.6 Å². The highest BCUT2D eigenvalue weighted by Gasteiger charge is 2.14. The number of thioether (sulfide) groups is 2. The van der Waals surface area contributed by atoms with Crippen molar-refractivity contribution in [1.82, 2.24) is 9.13 Å². The van der Waals surface area contributed by atoms with Gasteiger partial charge in [-0.15, -0.1) is 23.5 Å². The third kappa shape index (κ3) is 4.72. The zero-order chi connectivity index (χ0) is 24.2. The van der Waals surface area contributed by atoms with Gasteiger partial charge in [-0.3, -0.25) is 0 Å². The number of hydrogen-bond acceptors (Lipinski definition) is 2. The fourth-order valence-electron chi connectivity index (χ4n) is 5.23. The molecule has 0 aliphatic heterocycles. The lowest BCUT2D eigenvalue weighted by Gasteiger charge is -2.15. The van der Waals surface area contributed by atoms with Crippen molar-refractivity contribution in [3.05, 3.63) is 59.9 Å². The van der Waals surface area contributed by atoms with Crippen LogP contribution in [-0.2, 0) is 0 Å². The summed E-state index contributed by atoms with van der Waals surface area (Å²) in [4.78, 5) is 2.73. The average molecular weight is 491 g/mol. The van der Waals surface area contributed by atoms with Gasteiger partial charge in [0.05, 0.1) is 0 Å². The van der Waals surface area contributed by atoms with Crippen molar-refractivity contribution in [3.8, 4) is 0 Å². The van der Waals surface area contributed by atoms with E-state index >= 15 is 0 Å². The Labute approximate surface area is 213 Å². The lowest BCUT2D eigenvalue weighted by molar-refractivity contribution is 0.515. The summed E-state index contributed by atoms with van der Waals surface area (Å²) in [6.07, 6.45) is 18.4. The molecule has 4 heteroatoms. The van der Waals surface area contributed by atoms with Crippen LogP contribution in [-0.4, -0.2) is 21.6 Å². The molecular weight excluding hydrogens is 452 g/mol. The molecule has 0 amide bonds. The van der Waals surface area contributed by atoms with Crippen molar-refractivity contribution >= 4 is 57.5 Å². The molecule has 4 rings (SSSR count). The van der Waals surface area contributed by atoms with Crippen molar-refractivity contribution in [2.45, 2.75) is 75.3 Å². The fraction of sp³-hybridized carbons (Fsp3) is 0.400. The number of benzene rings is 2. The number of rotatable bonds is 10. The van der Waals surface area contributed by atoms with Gasteiger partial charge in [-0.2, -0.15) is 0 Å². The maximum Gasteiger partial charge on any atom is 0.0494 e. The van der Waals surface area contributed by atoms with Crippen LogP contribution in [0.3, 0.4) is 0 Å². The van der Waals surface area contributed by atoms with Gasteiger partial charge >= 0.3 is 0 Å². The van der Waals surface area contributed by atoms with Crippen molar-refractivity contribution in [2.24, 2.45) is 0 Å². The van der Waals surface area contributed by atoms with Crippen LogP contribution in [0.25, 0.3) is 34.0 Å². The molecule has 34 heavy (non-hydrogen) atoms. The molecule has 0 bridgehead atoms. The third-order valence-electron chi connectivity index (χ3n) is 6.98. The molecule has 0 aliphatic carbocycles. The molecule has 2 atom stereocenters. The van der Waals surface area contributed by atoms with Gasteiger partial charge in [0.25, 0.3) is 0 Å². The molecule has 2 nitrogen and oxygen atoms in total. The summed E-state index contributed by atoms with van der Waals surface area (Å²) in [5, 5.41) is 2.72. The molecule has 2 unspecified atom stereocenters. The zero-order valence-electron chi connectivity index (χ0n) is 21.5. The first-order valence-corrected chi connectivity index (χ1v) is 15.0. The summed E-state index contributed by atoms with van der Waals surface area (Å²) in [7, 11) is 0. The Hall–Kier alpha value is -2.04. The molecule has 0 radical (unpaired) electrons. The van der Waals surface area contributed by atoms with E-state index in [0.717, 1.165) is 0 Å². The summed E-state index contributed by atoms with van der Waals surface area (Å²) in [5.74, 6) is 0. The Balaban J connectivity index is 1.71. The summed E-state index contributed by atoms with van der Waals surface area (Å²) in [6.45, 7) is 9.18. The summed E-state index contributed by atoms with van der Waals surface area (Å²) in [6, 6.07) is 14.8. The van der Waals surface area contributed by atoms with Gasteiger partial charge in [-0.25, -0.2) is 0 Å². The summed E-state index contributed by atoms with van der Waals surface area (Å²) >= 11 is 3.70. The SMILES string of the molecule is CCCC(C)n1ccc2c(SC)c(/C=C/c3ccc4c(ccn4C(C)CCC)c3SC)ccc21. The summed E-state index contributed by atoms with van der Waals surface area (Å²) < 4.78 is 4.88. The predicted octanol–water partition coefficient (Wildman–Crippen LogP) is 9.93. The Morgan fingerprint density at radius 2 is 1.09 bits per heavy atom. The highest BCUT2D eigenvalue weighted by molar-refractivity contribution is 7.99. The Morgan fingerprint density at radius 3 is 1.44 bits per heavy atom. The lowest BCUT2D eigenvalue weighted by atomic mass is 10.1. The van der Waals surface area contributed by atoms with E-state index in [2.05, 4.69) is 110 Å². The maximum absolute atomic E-state index is 2.44. The molecule has 2 heterocycles. The largest absolute Gasteiger partial charge is 0.345 e. The van der Waals surface area contributed by atoms with Crippen LogP contribution >= 0.6 is 23.5 Å².